The van der Waals surface area contributed by atoms with E-state index in [1.165, 1.54) is 29.7 Å². The molecule has 1 saturated carbocycles. The van der Waals surface area contributed by atoms with Gasteiger partial charge in [-0.3, -0.25) is 4.90 Å². The molecule has 3 nitrogen and oxygen atoms in total. The van der Waals surface area contributed by atoms with Crippen molar-refractivity contribution in [3.8, 4) is 6.07 Å². The third-order valence-corrected chi connectivity index (χ3v) is 5.26. The van der Waals surface area contributed by atoms with Crippen LogP contribution in [-0.2, 0) is 0 Å². The van der Waals surface area contributed by atoms with Gasteiger partial charge in [0.2, 0.25) is 0 Å². The van der Waals surface area contributed by atoms with Gasteiger partial charge in [0.05, 0.1) is 6.07 Å². The Balaban J connectivity index is 1.58. The molecule has 1 aliphatic heterocycles. The van der Waals surface area contributed by atoms with Crippen molar-refractivity contribution in [3.63, 3.8) is 0 Å². The highest BCUT2D eigenvalue weighted by atomic mass is 15.3. The van der Waals surface area contributed by atoms with Crippen LogP contribution in [0.3, 0.4) is 0 Å². The van der Waals surface area contributed by atoms with Crippen LogP contribution in [-0.4, -0.2) is 37.6 Å². The Labute approximate surface area is 128 Å². The Morgan fingerprint density at radius 1 is 1.14 bits per heavy atom. The van der Waals surface area contributed by atoms with Crippen molar-refractivity contribution in [2.45, 2.75) is 33.1 Å². The Kier molecular flexibility index (Phi) is 3.91. The van der Waals surface area contributed by atoms with Gasteiger partial charge in [0.15, 0.2) is 0 Å². The third kappa shape index (κ3) is 3.06. The number of nitrogens with zero attached hydrogens (tertiary/aromatic N) is 3. The molecular weight excluding hydrogens is 258 g/mol. The number of hydrogen-bond acceptors (Lipinski definition) is 3. The number of benzene rings is 1. The summed E-state index contributed by atoms with van der Waals surface area (Å²) in [7, 11) is 0. The summed E-state index contributed by atoms with van der Waals surface area (Å²) in [5, 5.41) is 8.94. The van der Waals surface area contributed by atoms with Gasteiger partial charge in [-0.25, -0.2) is 0 Å². The molecule has 0 bridgehead atoms. The van der Waals surface area contributed by atoms with Gasteiger partial charge in [0.25, 0.3) is 0 Å². The standard InChI is InChI=1S/C18H25N3/c1-15-4-3-5-17(16(15)2)21-12-10-20(11-13-21)14-18(6-7-18)8-9-19/h3-5H,6-8,10-14H2,1-2H3. The number of anilines is 1. The zero-order chi connectivity index (χ0) is 14.9. The number of nitriles is 1. The minimum absolute atomic E-state index is 0.343. The molecule has 1 aliphatic carbocycles. The van der Waals surface area contributed by atoms with Crippen LogP contribution in [0.2, 0.25) is 0 Å². The molecule has 1 heterocycles. The van der Waals surface area contributed by atoms with Crippen molar-refractivity contribution in [2.75, 3.05) is 37.6 Å². The summed E-state index contributed by atoms with van der Waals surface area (Å²) in [6.07, 6.45) is 3.24. The average molecular weight is 283 g/mol. The van der Waals surface area contributed by atoms with Gasteiger partial charge < -0.3 is 4.90 Å². The van der Waals surface area contributed by atoms with E-state index in [0.29, 0.717) is 5.41 Å². The van der Waals surface area contributed by atoms with Crippen molar-refractivity contribution in [1.29, 1.82) is 5.26 Å². The summed E-state index contributed by atoms with van der Waals surface area (Å²) < 4.78 is 0. The fourth-order valence-electron chi connectivity index (χ4n) is 3.43. The van der Waals surface area contributed by atoms with E-state index in [1.807, 2.05) is 0 Å². The summed E-state index contributed by atoms with van der Waals surface area (Å²) in [5.74, 6) is 0. The predicted molar refractivity (Wildman–Crippen MR) is 86.5 cm³/mol. The third-order valence-electron chi connectivity index (χ3n) is 5.26. The molecule has 0 aromatic heterocycles. The lowest BCUT2D eigenvalue weighted by Gasteiger charge is -2.38. The maximum absolute atomic E-state index is 8.94. The highest BCUT2D eigenvalue weighted by molar-refractivity contribution is 5.56. The number of piperazine rings is 1. The Morgan fingerprint density at radius 3 is 2.48 bits per heavy atom. The van der Waals surface area contributed by atoms with Crippen molar-refractivity contribution in [2.24, 2.45) is 5.41 Å². The van der Waals surface area contributed by atoms with Gasteiger partial charge in [0, 0.05) is 44.8 Å². The van der Waals surface area contributed by atoms with Crippen LogP contribution >= 0.6 is 0 Å². The first-order valence-corrected chi connectivity index (χ1v) is 8.04. The van der Waals surface area contributed by atoms with E-state index in [4.69, 9.17) is 5.26 Å². The predicted octanol–water partition coefficient (Wildman–Crippen LogP) is 3.12. The molecule has 0 unspecified atom stereocenters. The van der Waals surface area contributed by atoms with Crippen LogP contribution in [0, 0.1) is 30.6 Å². The quantitative estimate of drug-likeness (QED) is 0.850. The molecule has 0 N–H and O–H groups in total. The van der Waals surface area contributed by atoms with Gasteiger partial charge in [-0.2, -0.15) is 5.26 Å². The smallest absolute Gasteiger partial charge is 0.0628 e. The van der Waals surface area contributed by atoms with Crippen LogP contribution in [0.5, 0.6) is 0 Å². The molecule has 0 atom stereocenters. The highest BCUT2D eigenvalue weighted by Crippen LogP contribution is 2.49. The second-order valence-corrected chi connectivity index (χ2v) is 6.82. The molecule has 1 aromatic rings. The van der Waals surface area contributed by atoms with Gasteiger partial charge in [0.1, 0.15) is 0 Å². The molecule has 2 aliphatic rings. The number of hydrogen-bond donors (Lipinski definition) is 0. The second kappa shape index (κ2) is 5.69. The molecule has 2 fully saturated rings. The van der Waals surface area contributed by atoms with E-state index in [1.54, 1.807) is 0 Å². The van der Waals surface area contributed by atoms with Crippen LogP contribution in [0.15, 0.2) is 18.2 Å². The van der Waals surface area contributed by atoms with Crippen LogP contribution in [0.25, 0.3) is 0 Å². The lowest BCUT2D eigenvalue weighted by Crippen LogP contribution is -2.48. The highest BCUT2D eigenvalue weighted by Gasteiger charge is 2.43. The maximum atomic E-state index is 8.94. The van der Waals surface area contributed by atoms with E-state index in [2.05, 4.69) is 47.9 Å². The Morgan fingerprint density at radius 2 is 1.86 bits per heavy atom. The normalized spacial score (nSPS) is 21.1. The summed E-state index contributed by atoms with van der Waals surface area (Å²) in [6, 6.07) is 8.97. The Bertz CT molecular complexity index is 546. The maximum Gasteiger partial charge on any atom is 0.0628 e. The van der Waals surface area contributed by atoms with Gasteiger partial charge in [-0.05, 0) is 49.3 Å². The molecule has 21 heavy (non-hydrogen) atoms. The van der Waals surface area contributed by atoms with Crippen molar-refractivity contribution in [1.82, 2.24) is 4.90 Å². The number of aryl methyl sites for hydroxylation is 1. The molecular formula is C18H25N3. The first-order valence-electron chi connectivity index (χ1n) is 8.04. The summed E-state index contributed by atoms with van der Waals surface area (Å²) in [4.78, 5) is 5.08. The summed E-state index contributed by atoms with van der Waals surface area (Å²) >= 11 is 0. The largest absolute Gasteiger partial charge is 0.369 e. The van der Waals surface area contributed by atoms with Crippen LogP contribution < -0.4 is 4.90 Å². The zero-order valence-electron chi connectivity index (χ0n) is 13.2. The van der Waals surface area contributed by atoms with Crippen molar-refractivity contribution < 1.29 is 0 Å². The van der Waals surface area contributed by atoms with Crippen LogP contribution in [0.4, 0.5) is 5.69 Å². The first-order chi connectivity index (χ1) is 10.1. The fourth-order valence-corrected chi connectivity index (χ4v) is 3.43. The van der Waals surface area contributed by atoms with Gasteiger partial charge in [-0.15, -0.1) is 0 Å². The van der Waals surface area contributed by atoms with Gasteiger partial charge in [-0.1, -0.05) is 12.1 Å². The number of rotatable bonds is 4. The van der Waals surface area contributed by atoms with E-state index < -0.39 is 0 Å². The molecule has 3 rings (SSSR count). The minimum atomic E-state index is 0.343. The van der Waals surface area contributed by atoms with E-state index >= 15 is 0 Å². The second-order valence-electron chi connectivity index (χ2n) is 6.82. The topological polar surface area (TPSA) is 30.3 Å². The summed E-state index contributed by atoms with van der Waals surface area (Å²) in [6.45, 7) is 10.00. The lowest BCUT2D eigenvalue weighted by molar-refractivity contribution is 0.209. The van der Waals surface area contributed by atoms with Crippen LogP contribution in [0.1, 0.15) is 30.4 Å². The minimum Gasteiger partial charge on any atom is -0.369 e. The summed E-state index contributed by atoms with van der Waals surface area (Å²) in [5.41, 5.74) is 4.53. The van der Waals surface area contributed by atoms with Crippen molar-refractivity contribution in [3.05, 3.63) is 29.3 Å². The lowest BCUT2D eigenvalue weighted by atomic mass is 10.0. The first kappa shape index (κ1) is 14.4. The molecule has 0 amide bonds. The molecule has 112 valence electrons. The van der Waals surface area contributed by atoms with Gasteiger partial charge >= 0.3 is 0 Å². The average Bonchev–Trinajstić information content (AvgIpc) is 3.23. The molecule has 0 spiro atoms. The fraction of sp³-hybridized carbons (Fsp3) is 0.611. The molecule has 1 aromatic carbocycles. The molecule has 0 radical (unpaired) electrons. The zero-order valence-corrected chi connectivity index (χ0v) is 13.2. The SMILES string of the molecule is Cc1cccc(N2CCN(CC3(CC#N)CC3)CC2)c1C. The molecule has 3 heteroatoms. The van der Waals surface area contributed by atoms with E-state index in [9.17, 15) is 0 Å². The van der Waals surface area contributed by atoms with E-state index in [-0.39, 0.29) is 0 Å². The van der Waals surface area contributed by atoms with E-state index in [0.717, 1.165) is 39.1 Å². The Hall–Kier alpha value is -1.53. The monoisotopic (exact) mass is 283 g/mol. The van der Waals surface area contributed by atoms with Crippen molar-refractivity contribution >= 4 is 5.69 Å². The molecule has 1 saturated heterocycles.